The maximum atomic E-state index is 5.69. The van der Waals surface area contributed by atoms with Crippen molar-refractivity contribution < 1.29 is 4.52 Å². The molecule has 0 amide bonds. The fourth-order valence-electron chi connectivity index (χ4n) is 1.21. The summed E-state index contributed by atoms with van der Waals surface area (Å²) in [5.41, 5.74) is 6.78. The van der Waals surface area contributed by atoms with Crippen LogP contribution in [0.25, 0.3) is 0 Å². The largest absolute Gasteiger partial charge is 0.361 e. The minimum atomic E-state index is 0.172. The van der Waals surface area contributed by atoms with Crippen LogP contribution < -0.4 is 5.73 Å². The van der Waals surface area contributed by atoms with E-state index in [4.69, 9.17) is 10.3 Å². The van der Waals surface area contributed by atoms with Gasteiger partial charge in [0.05, 0.1) is 6.20 Å². The summed E-state index contributed by atoms with van der Waals surface area (Å²) in [7, 11) is 0. The lowest BCUT2D eigenvalue weighted by Gasteiger charge is -1.95. The average molecular weight is 124 g/mol. The Balaban J connectivity index is 2.49. The number of aromatic nitrogens is 1. The molecule has 9 heavy (non-hydrogen) atoms. The van der Waals surface area contributed by atoms with Gasteiger partial charge in [0, 0.05) is 18.0 Å². The molecule has 1 aliphatic rings. The highest BCUT2D eigenvalue weighted by atomic mass is 16.5. The quantitative estimate of drug-likeness (QED) is 0.551. The molecule has 2 rings (SSSR count). The van der Waals surface area contributed by atoms with Crippen molar-refractivity contribution >= 4 is 0 Å². The summed E-state index contributed by atoms with van der Waals surface area (Å²) in [5.74, 6) is 0.975. The van der Waals surface area contributed by atoms with Crippen molar-refractivity contribution in [3.05, 3.63) is 17.5 Å². The monoisotopic (exact) mass is 124 g/mol. The van der Waals surface area contributed by atoms with Gasteiger partial charge in [-0.05, 0) is 6.42 Å². The summed E-state index contributed by atoms with van der Waals surface area (Å²) in [6, 6.07) is 0.172. The number of fused-ring (bicyclic) bond motifs is 1. The van der Waals surface area contributed by atoms with Crippen molar-refractivity contribution in [1.82, 2.24) is 5.16 Å². The second-order valence-corrected chi connectivity index (χ2v) is 2.35. The van der Waals surface area contributed by atoms with Crippen LogP contribution in [0.1, 0.15) is 23.8 Å². The lowest BCUT2D eigenvalue weighted by Crippen LogP contribution is -2.03. The molecule has 1 aromatic heterocycles. The minimum absolute atomic E-state index is 0.172. The first kappa shape index (κ1) is 4.99. The van der Waals surface area contributed by atoms with Crippen molar-refractivity contribution in [3.8, 4) is 0 Å². The summed E-state index contributed by atoms with van der Waals surface area (Å²) < 4.78 is 4.92. The molecule has 0 aliphatic heterocycles. The highest BCUT2D eigenvalue weighted by molar-refractivity contribution is 5.22. The highest BCUT2D eigenvalue weighted by Gasteiger charge is 2.22. The van der Waals surface area contributed by atoms with Crippen molar-refractivity contribution in [2.75, 3.05) is 0 Å². The molecule has 0 spiro atoms. The smallest absolute Gasteiger partial charge is 0.141 e. The van der Waals surface area contributed by atoms with Crippen LogP contribution in [0.2, 0.25) is 0 Å². The average Bonchev–Trinajstić information content (AvgIpc) is 2.35. The van der Waals surface area contributed by atoms with E-state index in [1.807, 2.05) is 0 Å². The summed E-state index contributed by atoms with van der Waals surface area (Å²) in [5, 5.41) is 3.64. The van der Waals surface area contributed by atoms with E-state index < -0.39 is 0 Å². The first-order valence-electron chi connectivity index (χ1n) is 3.07. The molecule has 0 radical (unpaired) electrons. The lowest BCUT2D eigenvalue weighted by atomic mass is 10.2. The summed E-state index contributed by atoms with van der Waals surface area (Å²) in [6.07, 6.45) is 3.68. The molecule has 3 nitrogen and oxygen atoms in total. The lowest BCUT2D eigenvalue weighted by molar-refractivity contribution is 0.385. The van der Waals surface area contributed by atoms with Crippen LogP contribution in [0.4, 0.5) is 0 Å². The molecule has 1 aliphatic carbocycles. The van der Waals surface area contributed by atoms with E-state index >= 15 is 0 Å². The molecule has 0 fully saturated rings. The van der Waals surface area contributed by atoms with Gasteiger partial charge in [0.25, 0.3) is 0 Å². The molecule has 0 saturated heterocycles. The van der Waals surface area contributed by atoms with Gasteiger partial charge in [-0.25, -0.2) is 0 Å². The van der Waals surface area contributed by atoms with Gasteiger partial charge >= 0.3 is 0 Å². The van der Waals surface area contributed by atoms with Crippen molar-refractivity contribution in [3.63, 3.8) is 0 Å². The third-order valence-corrected chi connectivity index (χ3v) is 1.76. The zero-order chi connectivity index (χ0) is 6.27. The van der Waals surface area contributed by atoms with Gasteiger partial charge in [0.2, 0.25) is 0 Å². The van der Waals surface area contributed by atoms with Crippen LogP contribution in [0.15, 0.2) is 10.7 Å². The van der Waals surface area contributed by atoms with Gasteiger partial charge in [0.1, 0.15) is 5.76 Å². The summed E-state index contributed by atoms with van der Waals surface area (Å²) in [6.45, 7) is 0. The van der Waals surface area contributed by atoms with Gasteiger partial charge in [-0.1, -0.05) is 5.16 Å². The Morgan fingerprint density at radius 3 is 3.44 bits per heavy atom. The highest BCUT2D eigenvalue weighted by Crippen LogP contribution is 2.27. The molecule has 1 aromatic rings. The molecular weight excluding hydrogens is 116 g/mol. The third kappa shape index (κ3) is 0.580. The van der Waals surface area contributed by atoms with Gasteiger partial charge in [-0.2, -0.15) is 0 Å². The molecule has 3 heteroatoms. The van der Waals surface area contributed by atoms with Crippen molar-refractivity contribution in [2.45, 2.75) is 18.9 Å². The van der Waals surface area contributed by atoms with Crippen LogP contribution in [0.3, 0.4) is 0 Å². The van der Waals surface area contributed by atoms with Crippen LogP contribution >= 0.6 is 0 Å². The SMILES string of the molecule is NC1CCc2oncc21. The zero-order valence-electron chi connectivity index (χ0n) is 5.00. The number of nitrogens with zero attached hydrogens (tertiary/aromatic N) is 1. The standard InChI is InChI=1S/C6H8N2O/c7-5-1-2-6-4(5)3-8-9-6/h3,5H,1-2,7H2. The zero-order valence-corrected chi connectivity index (χ0v) is 5.00. The molecule has 1 heterocycles. The van der Waals surface area contributed by atoms with Gasteiger partial charge in [0.15, 0.2) is 0 Å². The third-order valence-electron chi connectivity index (χ3n) is 1.76. The Hall–Kier alpha value is -0.830. The fourth-order valence-corrected chi connectivity index (χ4v) is 1.21. The predicted molar refractivity (Wildman–Crippen MR) is 31.8 cm³/mol. The van der Waals surface area contributed by atoms with E-state index in [-0.39, 0.29) is 6.04 Å². The van der Waals surface area contributed by atoms with Crippen LogP contribution in [-0.2, 0) is 6.42 Å². The number of nitrogens with two attached hydrogens (primary N) is 1. The first-order chi connectivity index (χ1) is 4.38. The minimum Gasteiger partial charge on any atom is -0.361 e. The van der Waals surface area contributed by atoms with E-state index in [1.165, 1.54) is 0 Å². The van der Waals surface area contributed by atoms with Crippen molar-refractivity contribution in [2.24, 2.45) is 5.73 Å². The Morgan fingerprint density at radius 2 is 2.67 bits per heavy atom. The first-order valence-corrected chi connectivity index (χ1v) is 3.07. The maximum Gasteiger partial charge on any atom is 0.141 e. The van der Waals surface area contributed by atoms with E-state index in [1.54, 1.807) is 6.20 Å². The molecule has 0 bridgehead atoms. The van der Waals surface area contributed by atoms with E-state index in [2.05, 4.69) is 5.16 Å². The molecule has 0 aromatic carbocycles. The predicted octanol–water partition coefficient (Wildman–Crippen LogP) is 0.621. The topological polar surface area (TPSA) is 52.0 Å². The number of hydrogen-bond acceptors (Lipinski definition) is 3. The van der Waals surface area contributed by atoms with E-state index in [9.17, 15) is 0 Å². The summed E-state index contributed by atoms with van der Waals surface area (Å²) in [4.78, 5) is 0. The molecular formula is C6H8N2O. The second-order valence-electron chi connectivity index (χ2n) is 2.35. The Morgan fingerprint density at radius 1 is 1.78 bits per heavy atom. The fraction of sp³-hybridized carbons (Fsp3) is 0.500. The molecule has 2 N–H and O–H groups in total. The molecule has 1 unspecified atom stereocenters. The Kier molecular flexibility index (Phi) is 0.873. The van der Waals surface area contributed by atoms with Gasteiger partial charge < -0.3 is 10.3 Å². The molecule has 1 atom stereocenters. The molecule has 48 valence electrons. The van der Waals surface area contributed by atoms with Crippen LogP contribution in [0.5, 0.6) is 0 Å². The Labute approximate surface area is 52.8 Å². The number of rotatable bonds is 0. The molecule has 0 saturated carbocycles. The summed E-state index contributed by atoms with van der Waals surface area (Å²) >= 11 is 0. The Bertz CT molecular complexity index is 219. The second kappa shape index (κ2) is 1.57. The van der Waals surface area contributed by atoms with E-state index in [0.29, 0.717) is 0 Å². The van der Waals surface area contributed by atoms with E-state index in [0.717, 1.165) is 24.2 Å². The van der Waals surface area contributed by atoms with Gasteiger partial charge in [-0.15, -0.1) is 0 Å². The number of aryl methyl sites for hydroxylation is 1. The number of hydrogen-bond donors (Lipinski definition) is 1. The van der Waals surface area contributed by atoms with Crippen LogP contribution in [0, 0.1) is 0 Å². The normalized spacial score (nSPS) is 24.3. The van der Waals surface area contributed by atoms with Crippen LogP contribution in [-0.4, -0.2) is 5.16 Å². The van der Waals surface area contributed by atoms with Crippen molar-refractivity contribution in [1.29, 1.82) is 0 Å². The maximum absolute atomic E-state index is 5.69. The van der Waals surface area contributed by atoms with Gasteiger partial charge in [-0.3, -0.25) is 0 Å².